The number of halogens is 3. The van der Waals surface area contributed by atoms with E-state index in [0.717, 1.165) is 5.56 Å². The van der Waals surface area contributed by atoms with Gasteiger partial charge in [0.25, 0.3) is 0 Å². The van der Waals surface area contributed by atoms with Crippen LogP contribution in [0.5, 0.6) is 5.75 Å². The molecule has 0 saturated carbocycles. The zero-order chi connectivity index (χ0) is 15.2. The molecule has 0 radical (unpaired) electrons. The molecule has 2 aromatic carbocycles. The van der Waals surface area contributed by atoms with Crippen LogP contribution in [0.3, 0.4) is 0 Å². The Morgan fingerprint density at radius 2 is 2.00 bits per heavy atom. The van der Waals surface area contributed by atoms with Crippen LogP contribution >= 0.6 is 23.2 Å². The van der Waals surface area contributed by atoms with Crippen molar-refractivity contribution in [1.82, 2.24) is 0 Å². The van der Waals surface area contributed by atoms with Crippen LogP contribution in [-0.2, 0) is 6.61 Å². The average Bonchev–Trinajstić information content (AvgIpc) is 2.48. The number of benzene rings is 2. The van der Waals surface area contributed by atoms with E-state index in [0.29, 0.717) is 21.4 Å². The molecule has 2 N–H and O–H groups in total. The van der Waals surface area contributed by atoms with Crippen molar-refractivity contribution < 1.29 is 9.13 Å². The molecule has 108 valence electrons. The maximum absolute atomic E-state index is 13.3. The van der Waals surface area contributed by atoms with Gasteiger partial charge in [-0.15, -0.1) is 0 Å². The summed E-state index contributed by atoms with van der Waals surface area (Å²) in [5.74, 6) is 5.62. The van der Waals surface area contributed by atoms with Crippen molar-refractivity contribution in [3.05, 3.63) is 63.4 Å². The standard InChI is InChI=1S/C16H12Cl2FNO/c17-14-4-1-5-15(16(14)18)21-10-12-6-7-13(19)9-11(12)3-2-8-20/h1,4-7,9H,8,10,20H2. The number of nitrogens with two attached hydrogens (primary N) is 1. The summed E-state index contributed by atoms with van der Waals surface area (Å²) in [4.78, 5) is 0. The van der Waals surface area contributed by atoms with E-state index in [1.807, 2.05) is 0 Å². The third-order valence-electron chi connectivity index (χ3n) is 2.70. The Bertz CT molecular complexity index is 707. The van der Waals surface area contributed by atoms with Crippen LogP contribution in [0.1, 0.15) is 11.1 Å². The van der Waals surface area contributed by atoms with Crippen molar-refractivity contribution in [3.8, 4) is 17.6 Å². The van der Waals surface area contributed by atoms with Gasteiger partial charge in [-0.2, -0.15) is 0 Å². The summed E-state index contributed by atoms with van der Waals surface area (Å²) in [5.41, 5.74) is 6.62. The quantitative estimate of drug-likeness (QED) is 0.866. The van der Waals surface area contributed by atoms with E-state index < -0.39 is 0 Å². The third kappa shape index (κ3) is 4.12. The van der Waals surface area contributed by atoms with Crippen LogP contribution in [0.4, 0.5) is 4.39 Å². The topological polar surface area (TPSA) is 35.2 Å². The predicted molar refractivity (Wildman–Crippen MR) is 83.1 cm³/mol. The number of hydrogen-bond acceptors (Lipinski definition) is 2. The lowest BCUT2D eigenvalue weighted by atomic mass is 10.1. The molecule has 0 unspecified atom stereocenters. The molecular formula is C16H12Cl2FNO. The molecule has 0 saturated heterocycles. The predicted octanol–water partition coefficient (Wildman–Crippen LogP) is 4.02. The van der Waals surface area contributed by atoms with Crippen molar-refractivity contribution >= 4 is 23.2 Å². The minimum Gasteiger partial charge on any atom is -0.487 e. The highest BCUT2D eigenvalue weighted by Gasteiger charge is 2.08. The van der Waals surface area contributed by atoms with E-state index >= 15 is 0 Å². The van der Waals surface area contributed by atoms with Gasteiger partial charge < -0.3 is 10.5 Å². The maximum atomic E-state index is 13.3. The molecule has 0 amide bonds. The molecule has 0 aromatic heterocycles. The van der Waals surface area contributed by atoms with Crippen LogP contribution in [-0.4, -0.2) is 6.54 Å². The summed E-state index contributed by atoms with van der Waals surface area (Å²) in [5, 5.41) is 0.757. The Balaban J connectivity index is 2.22. The van der Waals surface area contributed by atoms with Crippen molar-refractivity contribution in [2.75, 3.05) is 6.54 Å². The Hall–Kier alpha value is -1.73. The molecule has 0 heterocycles. The highest BCUT2D eigenvalue weighted by Crippen LogP contribution is 2.32. The molecule has 0 atom stereocenters. The van der Waals surface area contributed by atoms with Gasteiger partial charge in [-0.05, 0) is 24.3 Å². The van der Waals surface area contributed by atoms with Crippen molar-refractivity contribution in [2.45, 2.75) is 6.61 Å². The number of ether oxygens (including phenoxy) is 1. The van der Waals surface area contributed by atoms with Gasteiger partial charge in [-0.25, -0.2) is 4.39 Å². The van der Waals surface area contributed by atoms with Gasteiger partial charge in [0.15, 0.2) is 0 Å². The third-order valence-corrected chi connectivity index (χ3v) is 3.50. The van der Waals surface area contributed by atoms with Gasteiger partial charge in [-0.3, -0.25) is 0 Å². The molecule has 2 aromatic rings. The van der Waals surface area contributed by atoms with Crippen LogP contribution in [0.15, 0.2) is 36.4 Å². The first-order valence-corrected chi connectivity index (χ1v) is 6.91. The van der Waals surface area contributed by atoms with E-state index in [1.54, 1.807) is 24.3 Å². The summed E-state index contributed by atoms with van der Waals surface area (Å²) in [6.07, 6.45) is 0. The minimum atomic E-state index is -0.360. The molecule has 0 aliphatic rings. The summed E-state index contributed by atoms with van der Waals surface area (Å²) < 4.78 is 18.9. The molecule has 2 rings (SSSR count). The fourth-order valence-electron chi connectivity index (χ4n) is 1.69. The largest absolute Gasteiger partial charge is 0.487 e. The second-order valence-corrected chi connectivity index (χ2v) is 4.93. The second-order valence-electron chi connectivity index (χ2n) is 4.15. The van der Waals surface area contributed by atoms with Crippen LogP contribution in [0, 0.1) is 17.7 Å². The smallest absolute Gasteiger partial charge is 0.139 e. The van der Waals surface area contributed by atoms with Gasteiger partial charge in [0.2, 0.25) is 0 Å². The number of rotatable bonds is 3. The van der Waals surface area contributed by atoms with Crippen molar-refractivity contribution in [1.29, 1.82) is 0 Å². The highest BCUT2D eigenvalue weighted by molar-refractivity contribution is 6.42. The summed E-state index contributed by atoms with van der Waals surface area (Å²) in [7, 11) is 0. The fourth-order valence-corrected chi connectivity index (χ4v) is 2.03. The monoisotopic (exact) mass is 323 g/mol. The Kier molecular flexibility index (Phi) is 5.46. The number of hydrogen-bond donors (Lipinski definition) is 1. The SMILES string of the molecule is NCC#Cc1cc(F)ccc1COc1cccc(Cl)c1Cl. The Morgan fingerprint density at radius 3 is 2.76 bits per heavy atom. The van der Waals surface area contributed by atoms with Gasteiger partial charge in [0.05, 0.1) is 11.6 Å². The van der Waals surface area contributed by atoms with E-state index in [9.17, 15) is 4.39 Å². The Morgan fingerprint density at radius 1 is 1.19 bits per heavy atom. The molecular weight excluding hydrogens is 312 g/mol. The van der Waals surface area contributed by atoms with Gasteiger partial charge >= 0.3 is 0 Å². The summed E-state index contributed by atoms with van der Waals surface area (Å²) in [6.45, 7) is 0.409. The summed E-state index contributed by atoms with van der Waals surface area (Å²) >= 11 is 12.0. The maximum Gasteiger partial charge on any atom is 0.139 e. The lowest BCUT2D eigenvalue weighted by Crippen LogP contribution is -2.00. The van der Waals surface area contributed by atoms with Gasteiger partial charge in [0, 0.05) is 11.1 Å². The van der Waals surface area contributed by atoms with Gasteiger partial charge in [0.1, 0.15) is 23.2 Å². The van der Waals surface area contributed by atoms with E-state index in [4.69, 9.17) is 33.7 Å². The zero-order valence-electron chi connectivity index (χ0n) is 11.0. The minimum absolute atomic E-state index is 0.203. The molecule has 0 aliphatic carbocycles. The van der Waals surface area contributed by atoms with Crippen molar-refractivity contribution in [3.63, 3.8) is 0 Å². The normalized spacial score (nSPS) is 9.90. The van der Waals surface area contributed by atoms with Crippen LogP contribution in [0.2, 0.25) is 10.0 Å². The first-order valence-electron chi connectivity index (χ1n) is 6.16. The molecule has 5 heteroatoms. The lowest BCUT2D eigenvalue weighted by molar-refractivity contribution is 0.306. The van der Waals surface area contributed by atoms with Gasteiger partial charge in [-0.1, -0.05) is 47.2 Å². The van der Waals surface area contributed by atoms with E-state index in [1.165, 1.54) is 12.1 Å². The molecule has 0 bridgehead atoms. The highest BCUT2D eigenvalue weighted by atomic mass is 35.5. The molecule has 21 heavy (non-hydrogen) atoms. The van der Waals surface area contributed by atoms with Crippen molar-refractivity contribution in [2.24, 2.45) is 5.73 Å². The zero-order valence-corrected chi connectivity index (χ0v) is 12.5. The lowest BCUT2D eigenvalue weighted by Gasteiger charge is -2.10. The summed E-state index contributed by atoms with van der Waals surface area (Å²) in [6, 6.07) is 9.44. The Labute approximate surface area is 132 Å². The molecule has 0 spiro atoms. The molecule has 0 aliphatic heterocycles. The first-order chi connectivity index (χ1) is 10.1. The van der Waals surface area contributed by atoms with Crippen LogP contribution < -0.4 is 10.5 Å². The second kappa shape index (κ2) is 7.33. The molecule has 0 fully saturated rings. The average molecular weight is 324 g/mol. The first kappa shape index (κ1) is 15.7. The fraction of sp³-hybridized carbons (Fsp3) is 0.125. The van der Waals surface area contributed by atoms with E-state index in [2.05, 4.69) is 11.8 Å². The molecule has 2 nitrogen and oxygen atoms in total. The van der Waals surface area contributed by atoms with E-state index in [-0.39, 0.29) is 19.0 Å². The van der Waals surface area contributed by atoms with Crippen LogP contribution in [0.25, 0.3) is 0 Å².